The van der Waals surface area contributed by atoms with E-state index in [2.05, 4.69) is 15.6 Å². The summed E-state index contributed by atoms with van der Waals surface area (Å²) in [6, 6.07) is 10.6. The molecule has 33 heavy (non-hydrogen) atoms. The number of ether oxygens (including phenoxy) is 4. The third-order valence-corrected chi connectivity index (χ3v) is 6.84. The molecule has 2 aromatic carbocycles. The molecule has 0 spiro atoms. The molecule has 0 bridgehead atoms. The van der Waals surface area contributed by atoms with Crippen LogP contribution in [0, 0.1) is 0 Å². The Labute approximate surface area is 192 Å². The van der Waals surface area contributed by atoms with Crippen molar-refractivity contribution in [2.75, 3.05) is 18.9 Å². The average molecular weight is 465 g/mol. The van der Waals surface area contributed by atoms with Gasteiger partial charge in [0.2, 0.25) is 19.5 Å². The lowest BCUT2D eigenvalue weighted by Crippen LogP contribution is -2.28. The molecule has 1 aromatic heterocycles. The van der Waals surface area contributed by atoms with Gasteiger partial charge in [-0.05, 0) is 48.7 Å². The first kappa shape index (κ1) is 19.9. The number of thiazole rings is 1. The summed E-state index contributed by atoms with van der Waals surface area (Å²) in [4.78, 5) is 31.1. The lowest BCUT2D eigenvalue weighted by atomic mass is 10.1. The van der Waals surface area contributed by atoms with Gasteiger partial charge in [0.15, 0.2) is 28.1 Å². The van der Waals surface area contributed by atoms with E-state index >= 15 is 0 Å². The van der Waals surface area contributed by atoms with Gasteiger partial charge in [-0.3, -0.25) is 14.9 Å². The van der Waals surface area contributed by atoms with E-state index in [1.807, 2.05) is 18.2 Å². The number of hydrogen-bond donors (Lipinski definition) is 2. The highest BCUT2D eigenvalue weighted by atomic mass is 32.1. The van der Waals surface area contributed by atoms with Crippen molar-refractivity contribution in [2.24, 2.45) is 0 Å². The van der Waals surface area contributed by atoms with E-state index in [-0.39, 0.29) is 31.3 Å². The number of anilines is 1. The lowest BCUT2D eigenvalue weighted by Gasteiger charge is -2.11. The maximum absolute atomic E-state index is 12.9. The quantitative estimate of drug-likeness (QED) is 0.596. The maximum atomic E-state index is 12.9. The number of fused-ring (bicyclic) bond motifs is 3. The second kappa shape index (κ2) is 7.96. The van der Waals surface area contributed by atoms with Crippen LogP contribution < -0.4 is 29.6 Å². The Kier molecular flexibility index (Phi) is 4.79. The van der Waals surface area contributed by atoms with E-state index in [1.165, 1.54) is 11.3 Å². The van der Waals surface area contributed by atoms with Crippen LogP contribution in [0.2, 0.25) is 0 Å². The molecule has 2 aliphatic heterocycles. The van der Waals surface area contributed by atoms with E-state index in [0.717, 1.165) is 22.6 Å². The fraction of sp³-hybridized carbons (Fsp3) is 0.261. The fourth-order valence-electron chi connectivity index (χ4n) is 4.11. The summed E-state index contributed by atoms with van der Waals surface area (Å²) < 4.78 is 21.3. The Balaban J connectivity index is 1.11. The molecular weight excluding hydrogens is 446 g/mol. The molecule has 6 rings (SSSR count). The molecular formula is C23H19N3O6S. The molecule has 9 nitrogen and oxygen atoms in total. The van der Waals surface area contributed by atoms with Crippen molar-refractivity contribution < 1.29 is 28.5 Å². The molecule has 168 valence electrons. The lowest BCUT2D eigenvalue weighted by molar-refractivity contribution is -0.122. The highest BCUT2D eigenvalue weighted by Gasteiger charge is 2.33. The number of carbonyl (C=O) groups is 2. The molecule has 0 radical (unpaired) electrons. The van der Waals surface area contributed by atoms with Gasteiger partial charge in [0.25, 0.3) is 5.91 Å². The van der Waals surface area contributed by atoms with Crippen LogP contribution in [0.5, 0.6) is 23.0 Å². The van der Waals surface area contributed by atoms with Crippen LogP contribution in [0.3, 0.4) is 0 Å². The van der Waals surface area contributed by atoms with E-state index in [4.69, 9.17) is 18.9 Å². The van der Waals surface area contributed by atoms with Gasteiger partial charge in [-0.25, -0.2) is 4.98 Å². The average Bonchev–Trinajstić information content (AvgIpc) is 3.60. The van der Waals surface area contributed by atoms with E-state index in [0.29, 0.717) is 46.7 Å². The summed E-state index contributed by atoms with van der Waals surface area (Å²) in [7, 11) is 0. The molecule has 3 heterocycles. The van der Waals surface area contributed by atoms with Crippen molar-refractivity contribution in [2.45, 2.75) is 25.3 Å². The van der Waals surface area contributed by atoms with Gasteiger partial charge in [0.05, 0.1) is 11.6 Å². The summed E-state index contributed by atoms with van der Waals surface area (Å²) in [5, 5.41) is 6.31. The van der Waals surface area contributed by atoms with Crippen molar-refractivity contribution in [1.29, 1.82) is 0 Å². The van der Waals surface area contributed by atoms with E-state index < -0.39 is 0 Å². The van der Waals surface area contributed by atoms with Crippen molar-refractivity contribution in [3.63, 3.8) is 0 Å². The highest BCUT2D eigenvalue weighted by Crippen LogP contribution is 2.39. The molecule has 2 amide bonds. The molecule has 1 aliphatic carbocycles. The number of amides is 2. The highest BCUT2D eigenvalue weighted by molar-refractivity contribution is 7.16. The normalized spacial score (nSPS) is 17.0. The number of nitrogens with one attached hydrogen (secondary N) is 2. The summed E-state index contributed by atoms with van der Waals surface area (Å²) in [5.74, 6) is 1.87. The number of aryl methyl sites for hydroxylation is 1. The van der Waals surface area contributed by atoms with E-state index in [9.17, 15) is 9.59 Å². The maximum Gasteiger partial charge on any atom is 0.257 e. The molecule has 2 N–H and O–H groups in total. The fourth-order valence-corrected chi connectivity index (χ4v) is 5.14. The van der Waals surface area contributed by atoms with Crippen LogP contribution in [0.1, 0.15) is 38.8 Å². The van der Waals surface area contributed by atoms with Gasteiger partial charge < -0.3 is 24.3 Å². The molecule has 3 aromatic rings. The minimum absolute atomic E-state index is 0.0784. The summed E-state index contributed by atoms with van der Waals surface area (Å²) >= 11 is 1.41. The number of nitrogens with zero attached hydrogens (tertiary/aromatic N) is 1. The van der Waals surface area contributed by atoms with Crippen LogP contribution in [0.15, 0.2) is 36.4 Å². The standard InChI is InChI=1S/C23H19N3O6S/c27-21(13-2-5-16-18(8-13)32-11-30-16)26-23-25-20-14(3-6-19(20)33-23)22(28)24-9-12-1-4-15-17(7-12)31-10-29-15/h1-2,4-5,7-8,14H,3,6,9-11H2,(H,24,28)(H,25,26,27). The Morgan fingerprint density at radius 2 is 1.70 bits per heavy atom. The van der Waals surface area contributed by atoms with Crippen LogP contribution in [-0.2, 0) is 17.8 Å². The second-order valence-corrected chi connectivity index (χ2v) is 8.93. The number of benzene rings is 2. The van der Waals surface area contributed by atoms with Crippen molar-refractivity contribution in [3.05, 3.63) is 58.1 Å². The zero-order valence-corrected chi connectivity index (χ0v) is 18.2. The van der Waals surface area contributed by atoms with Gasteiger partial charge in [0, 0.05) is 17.0 Å². The molecule has 0 saturated carbocycles. The Morgan fingerprint density at radius 1 is 0.970 bits per heavy atom. The van der Waals surface area contributed by atoms with Crippen LogP contribution >= 0.6 is 11.3 Å². The predicted octanol–water partition coefficient (Wildman–Crippen LogP) is 3.20. The third kappa shape index (κ3) is 3.72. The summed E-state index contributed by atoms with van der Waals surface area (Å²) in [6.45, 7) is 0.754. The minimum atomic E-state index is -0.332. The molecule has 10 heteroatoms. The molecule has 1 unspecified atom stereocenters. The summed E-state index contributed by atoms with van der Waals surface area (Å²) in [5.41, 5.74) is 2.12. The molecule has 1 atom stereocenters. The Morgan fingerprint density at radius 3 is 2.52 bits per heavy atom. The van der Waals surface area contributed by atoms with Crippen LogP contribution in [0.4, 0.5) is 5.13 Å². The monoisotopic (exact) mass is 465 g/mol. The van der Waals surface area contributed by atoms with Crippen molar-refractivity contribution in [3.8, 4) is 23.0 Å². The van der Waals surface area contributed by atoms with Crippen molar-refractivity contribution in [1.82, 2.24) is 10.3 Å². The SMILES string of the molecule is O=C(Nc1nc2c(s1)CCC2C(=O)NCc1ccc2c(c1)OCO2)c1ccc2c(c1)OCO2. The van der Waals surface area contributed by atoms with Crippen LogP contribution in [0.25, 0.3) is 0 Å². The van der Waals surface area contributed by atoms with Gasteiger partial charge >= 0.3 is 0 Å². The largest absolute Gasteiger partial charge is 0.454 e. The third-order valence-electron chi connectivity index (χ3n) is 5.79. The zero-order valence-electron chi connectivity index (χ0n) is 17.4. The minimum Gasteiger partial charge on any atom is -0.454 e. The first-order valence-corrected chi connectivity index (χ1v) is 11.3. The first-order valence-electron chi connectivity index (χ1n) is 10.5. The number of rotatable bonds is 5. The van der Waals surface area contributed by atoms with Gasteiger partial charge in [-0.15, -0.1) is 11.3 Å². The topological polar surface area (TPSA) is 108 Å². The second-order valence-electron chi connectivity index (χ2n) is 7.85. The number of aromatic nitrogens is 1. The molecule has 0 saturated heterocycles. The zero-order chi connectivity index (χ0) is 22.4. The van der Waals surface area contributed by atoms with E-state index in [1.54, 1.807) is 18.2 Å². The van der Waals surface area contributed by atoms with Crippen molar-refractivity contribution >= 4 is 28.3 Å². The first-order chi connectivity index (χ1) is 16.1. The number of hydrogen-bond acceptors (Lipinski definition) is 8. The van der Waals surface area contributed by atoms with Gasteiger partial charge in [0.1, 0.15) is 0 Å². The summed E-state index contributed by atoms with van der Waals surface area (Å²) in [6.07, 6.45) is 1.46. The smallest absolute Gasteiger partial charge is 0.257 e. The van der Waals surface area contributed by atoms with Gasteiger partial charge in [-0.1, -0.05) is 6.07 Å². The van der Waals surface area contributed by atoms with Gasteiger partial charge in [-0.2, -0.15) is 0 Å². The predicted molar refractivity (Wildman–Crippen MR) is 118 cm³/mol. The Hall–Kier alpha value is -3.79. The molecule has 0 fully saturated rings. The number of carbonyl (C=O) groups excluding carboxylic acids is 2. The van der Waals surface area contributed by atoms with Crippen LogP contribution in [-0.4, -0.2) is 30.4 Å². The molecule has 3 aliphatic rings. The Bertz CT molecular complexity index is 1270.